The second-order valence-corrected chi connectivity index (χ2v) is 4.02. The molecule has 0 aromatic heterocycles. The van der Waals surface area contributed by atoms with Crippen LogP contribution >= 0.6 is 11.6 Å². The van der Waals surface area contributed by atoms with Crippen molar-refractivity contribution in [1.29, 1.82) is 0 Å². The molecule has 0 saturated heterocycles. The van der Waals surface area contributed by atoms with Gasteiger partial charge in [0.2, 0.25) is 0 Å². The SMILES string of the molecule is C=CCC(CCl)CC(C)(C)OC. The van der Waals surface area contributed by atoms with E-state index in [1.165, 1.54) is 0 Å². The Morgan fingerprint density at radius 1 is 1.58 bits per heavy atom. The highest BCUT2D eigenvalue weighted by Gasteiger charge is 2.21. The number of ether oxygens (including phenoxy) is 1. The van der Waals surface area contributed by atoms with E-state index in [0.717, 1.165) is 12.8 Å². The summed E-state index contributed by atoms with van der Waals surface area (Å²) in [6, 6.07) is 0. The van der Waals surface area contributed by atoms with Crippen molar-refractivity contribution < 1.29 is 4.74 Å². The zero-order valence-electron chi connectivity index (χ0n) is 8.27. The smallest absolute Gasteiger partial charge is 0.0625 e. The van der Waals surface area contributed by atoms with Crippen molar-refractivity contribution in [1.82, 2.24) is 0 Å². The number of allylic oxidation sites excluding steroid dienone is 1. The van der Waals surface area contributed by atoms with Crippen molar-refractivity contribution >= 4 is 11.6 Å². The van der Waals surface area contributed by atoms with Gasteiger partial charge in [0.05, 0.1) is 5.60 Å². The summed E-state index contributed by atoms with van der Waals surface area (Å²) in [5.41, 5.74) is -0.0669. The van der Waals surface area contributed by atoms with E-state index in [2.05, 4.69) is 20.4 Å². The first-order chi connectivity index (χ1) is 5.55. The van der Waals surface area contributed by atoms with Gasteiger partial charge in [-0.05, 0) is 32.6 Å². The van der Waals surface area contributed by atoms with E-state index in [1.807, 2.05) is 6.08 Å². The number of rotatable bonds is 6. The summed E-state index contributed by atoms with van der Waals surface area (Å²) >= 11 is 5.81. The first-order valence-electron chi connectivity index (χ1n) is 4.27. The minimum Gasteiger partial charge on any atom is -0.379 e. The predicted octanol–water partition coefficient (Wildman–Crippen LogP) is 3.23. The largest absolute Gasteiger partial charge is 0.379 e. The third kappa shape index (κ3) is 4.78. The monoisotopic (exact) mass is 190 g/mol. The Kier molecular flexibility index (Phi) is 5.60. The molecule has 1 nitrogen and oxygen atoms in total. The third-order valence-corrected chi connectivity index (χ3v) is 2.49. The standard InChI is InChI=1S/C10H19ClO/c1-5-6-9(8-11)7-10(2,3)12-4/h5,9H,1,6-8H2,2-4H3. The van der Waals surface area contributed by atoms with Crippen LogP contribution in [0.2, 0.25) is 0 Å². The number of hydrogen-bond acceptors (Lipinski definition) is 1. The van der Waals surface area contributed by atoms with Gasteiger partial charge in [-0.1, -0.05) is 6.08 Å². The Labute approximate surface area is 80.8 Å². The molecule has 0 amide bonds. The van der Waals surface area contributed by atoms with Gasteiger partial charge in [-0.15, -0.1) is 18.2 Å². The fourth-order valence-corrected chi connectivity index (χ4v) is 1.45. The summed E-state index contributed by atoms with van der Waals surface area (Å²) in [6.45, 7) is 7.86. The normalized spacial score (nSPS) is 14.3. The quantitative estimate of drug-likeness (QED) is 0.462. The lowest BCUT2D eigenvalue weighted by atomic mass is 9.92. The number of halogens is 1. The fourth-order valence-electron chi connectivity index (χ4n) is 1.22. The molecule has 0 aromatic carbocycles. The van der Waals surface area contributed by atoms with Gasteiger partial charge in [0.15, 0.2) is 0 Å². The Morgan fingerprint density at radius 3 is 2.50 bits per heavy atom. The highest BCUT2D eigenvalue weighted by Crippen LogP contribution is 2.23. The van der Waals surface area contributed by atoms with Crippen molar-refractivity contribution in [2.45, 2.75) is 32.3 Å². The van der Waals surface area contributed by atoms with Crippen molar-refractivity contribution in [3.05, 3.63) is 12.7 Å². The average Bonchev–Trinajstić information content (AvgIpc) is 2.03. The van der Waals surface area contributed by atoms with Crippen LogP contribution in [-0.4, -0.2) is 18.6 Å². The molecule has 0 radical (unpaired) electrons. The molecule has 0 spiro atoms. The zero-order chi connectivity index (χ0) is 9.61. The topological polar surface area (TPSA) is 9.23 Å². The lowest BCUT2D eigenvalue weighted by Gasteiger charge is -2.26. The Bertz CT molecular complexity index is 132. The minimum absolute atomic E-state index is 0.0669. The first-order valence-corrected chi connectivity index (χ1v) is 4.81. The summed E-state index contributed by atoms with van der Waals surface area (Å²) in [6.07, 6.45) is 3.87. The average molecular weight is 191 g/mol. The van der Waals surface area contributed by atoms with E-state index in [1.54, 1.807) is 7.11 Å². The maximum absolute atomic E-state index is 5.81. The summed E-state index contributed by atoms with van der Waals surface area (Å²) < 4.78 is 5.32. The molecule has 1 atom stereocenters. The third-order valence-electron chi connectivity index (χ3n) is 2.05. The van der Waals surface area contributed by atoms with Gasteiger partial charge < -0.3 is 4.74 Å². The zero-order valence-corrected chi connectivity index (χ0v) is 9.03. The maximum atomic E-state index is 5.81. The molecule has 12 heavy (non-hydrogen) atoms. The second-order valence-electron chi connectivity index (χ2n) is 3.71. The molecule has 0 N–H and O–H groups in total. The Hall–Kier alpha value is -0.0100. The lowest BCUT2D eigenvalue weighted by Crippen LogP contribution is -2.26. The van der Waals surface area contributed by atoms with Crippen LogP contribution in [0.1, 0.15) is 26.7 Å². The summed E-state index contributed by atoms with van der Waals surface area (Å²) in [5.74, 6) is 1.16. The Balaban J connectivity index is 3.91. The molecule has 0 aliphatic carbocycles. The van der Waals surface area contributed by atoms with E-state index >= 15 is 0 Å². The van der Waals surface area contributed by atoms with Crippen LogP contribution in [0.3, 0.4) is 0 Å². The van der Waals surface area contributed by atoms with Gasteiger partial charge in [-0.3, -0.25) is 0 Å². The lowest BCUT2D eigenvalue weighted by molar-refractivity contribution is 0.00452. The molecule has 0 heterocycles. The molecular weight excluding hydrogens is 172 g/mol. The molecule has 0 bridgehead atoms. The van der Waals surface area contributed by atoms with Crippen LogP contribution in [0.5, 0.6) is 0 Å². The van der Waals surface area contributed by atoms with E-state index in [-0.39, 0.29) is 5.60 Å². The van der Waals surface area contributed by atoms with Crippen LogP contribution in [0, 0.1) is 5.92 Å². The molecule has 72 valence electrons. The van der Waals surface area contributed by atoms with Crippen LogP contribution in [0.4, 0.5) is 0 Å². The van der Waals surface area contributed by atoms with Gasteiger partial charge in [0.1, 0.15) is 0 Å². The molecule has 0 aliphatic heterocycles. The highest BCUT2D eigenvalue weighted by atomic mass is 35.5. The minimum atomic E-state index is -0.0669. The number of hydrogen-bond donors (Lipinski definition) is 0. The molecule has 0 aliphatic rings. The summed E-state index contributed by atoms with van der Waals surface area (Å²) in [5, 5.41) is 0. The van der Waals surface area contributed by atoms with Gasteiger partial charge in [0.25, 0.3) is 0 Å². The van der Waals surface area contributed by atoms with Gasteiger partial charge in [-0.25, -0.2) is 0 Å². The summed E-state index contributed by atoms with van der Waals surface area (Å²) in [4.78, 5) is 0. The molecule has 0 saturated carbocycles. The van der Waals surface area contributed by atoms with Crippen LogP contribution in [-0.2, 0) is 4.74 Å². The van der Waals surface area contributed by atoms with Crippen molar-refractivity contribution in [2.24, 2.45) is 5.92 Å². The van der Waals surface area contributed by atoms with E-state index in [9.17, 15) is 0 Å². The number of alkyl halides is 1. The van der Waals surface area contributed by atoms with Crippen LogP contribution < -0.4 is 0 Å². The highest BCUT2D eigenvalue weighted by molar-refractivity contribution is 6.18. The van der Waals surface area contributed by atoms with Crippen molar-refractivity contribution in [2.75, 3.05) is 13.0 Å². The molecule has 0 rings (SSSR count). The van der Waals surface area contributed by atoms with Crippen LogP contribution in [0.25, 0.3) is 0 Å². The van der Waals surface area contributed by atoms with Crippen molar-refractivity contribution in [3.63, 3.8) is 0 Å². The molecular formula is C10H19ClO. The van der Waals surface area contributed by atoms with Crippen LogP contribution in [0.15, 0.2) is 12.7 Å². The molecule has 1 unspecified atom stereocenters. The molecule has 0 aromatic rings. The molecule has 0 fully saturated rings. The summed E-state index contributed by atoms with van der Waals surface area (Å²) in [7, 11) is 1.74. The first kappa shape index (κ1) is 12.0. The molecule has 2 heteroatoms. The predicted molar refractivity (Wildman–Crippen MR) is 54.7 cm³/mol. The van der Waals surface area contributed by atoms with Gasteiger partial charge in [-0.2, -0.15) is 0 Å². The van der Waals surface area contributed by atoms with E-state index < -0.39 is 0 Å². The van der Waals surface area contributed by atoms with E-state index in [0.29, 0.717) is 11.8 Å². The second kappa shape index (κ2) is 5.60. The van der Waals surface area contributed by atoms with E-state index in [4.69, 9.17) is 16.3 Å². The Morgan fingerprint density at radius 2 is 2.17 bits per heavy atom. The number of methoxy groups -OCH3 is 1. The van der Waals surface area contributed by atoms with Gasteiger partial charge >= 0.3 is 0 Å². The maximum Gasteiger partial charge on any atom is 0.0625 e. The fraction of sp³-hybridized carbons (Fsp3) is 0.800. The van der Waals surface area contributed by atoms with Crippen molar-refractivity contribution in [3.8, 4) is 0 Å². The van der Waals surface area contributed by atoms with Gasteiger partial charge in [0, 0.05) is 13.0 Å².